The molecule has 154 valence electrons. The number of carbonyl (C=O) groups excluding carboxylic acids is 1. The lowest BCUT2D eigenvalue weighted by Crippen LogP contribution is -2.27. The van der Waals surface area contributed by atoms with Crippen molar-refractivity contribution < 1.29 is 18.3 Å². The second-order valence-corrected chi connectivity index (χ2v) is 7.06. The number of aryl methyl sites for hydroxylation is 1. The van der Waals surface area contributed by atoms with E-state index in [-0.39, 0.29) is 12.3 Å². The van der Waals surface area contributed by atoms with E-state index in [9.17, 15) is 13.6 Å². The van der Waals surface area contributed by atoms with Gasteiger partial charge < -0.3 is 15.0 Å². The van der Waals surface area contributed by atoms with Crippen molar-refractivity contribution in [3.63, 3.8) is 0 Å². The minimum Gasteiger partial charge on any atom is -0.385 e. The predicted octanol–water partition coefficient (Wildman–Crippen LogP) is 4.68. The summed E-state index contributed by atoms with van der Waals surface area (Å²) in [6.45, 7) is 3.11. The Hall–Kier alpha value is -2.73. The van der Waals surface area contributed by atoms with Crippen LogP contribution in [-0.4, -0.2) is 31.2 Å². The van der Waals surface area contributed by atoms with Gasteiger partial charge in [0.05, 0.1) is 0 Å². The van der Waals surface area contributed by atoms with E-state index in [0.717, 1.165) is 34.5 Å². The van der Waals surface area contributed by atoms with Crippen LogP contribution in [0.3, 0.4) is 0 Å². The number of rotatable bonds is 9. The van der Waals surface area contributed by atoms with Crippen LogP contribution in [0.5, 0.6) is 0 Å². The van der Waals surface area contributed by atoms with Crippen LogP contribution >= 0.6 is 0 Å². The summed E-state index contributed by atoms with van der Waals surface area (Å²) >= 11 is 0. The van der Waals surface area contributed by atoms with Gasteiger partial charge in [-0.15, -0.1) is 0 Å². The maximum atomic E-state index is 14.6. The monoisotopic (exact) mass is 400 g/mol. The smallest absolute Gasteiger partial charge is 0.220 e. The lowest BCUT2D eigenvalue weighted by atomic mass is 9.87. The van der Waals surface area contributed by atoms with Gasteiger partial charge in [-0.1, -0.05) is 31.2 Å². The number of fused-ring (bicyclic) bond motifs is 1. The molecule has 0 aliphatic heterocycles. The average molecular weight is 400 g/mol. The van der Waals surface area contributed by atoms with Gasteiger partial charge in [0.2, 0.25) is 5.91 Å². The Morgan fingerprint density at radius 2 is 2.03 bits per heavy atom. The van der Waals surface area contributed by atoms with E-state index in [4.69, 9.17) is 4.74 Å². The second kappa shape index (κ2) is 9.65. The summed E-state index contributed by atoms with van der Waals surface area (Å²) in [6, 6.07) is 9.49. The van der Waals surface area contributed by atoms with E-state index in [1.807, 2.05) is 24.4 Å². The van der Waals surface area contributed by atoms with E-state index in [1.165, 1.54) is 12.1 Å². The van der Waals surface area contributed by atoms with Gasteiger partial charge in [-0.05, 0) is 35.6 Å². The Kier molecular flexibility index (Phi) is 6.99. The number of hydrogen-bond donors (Lipinski definition) is 2. The molecule has 0 aliphatic rings. The van der Waals surface area contributed by atoms with Crippen LogP contribution in [-0.2, 0) is 16.0 Å². The third-order valence-corrected chi connectivity index (χ3v) is 5.16. The van der Waals surface area contributed by atoms with Crippen LogP contribution < -0.4 is 5.32 Å². The summed E-state index contributed by atoms with van der Waals surface area (Å²) in [5.74, 6) is -2.00. The molecule has 0 saturated heterocycles. The van der Waals surface area contributed by atoms with Crippen molar-refractivity contribution in [1.82, 2.24) is 10.3 Å². The number of methoxy groups -OCH3 is 1. The maximum absolute atomic E-state index is 14.6. The van der Waals surface area contributed by atoms with Crippen molar-refractivity contribution in [2.45, 2.75) is 32.1 Å². The molecule has 0 fully saturated rings. The fraction of sp³-hybridized carbons (Fsp3) is 0.348. The highest BCUT2D eigenvalue weighted by Gasteiger charge is 2.24. The Labute approximate surface area is 169 Å². The summed E-state index contributed by atoms with van der Waals surface area (Å²) in [6.07, 6.45) is 3.45. The van der Waals surface area contributed by atoms with Gasteiger partial charge >= 0.3 is 0 Å². The summed E-state index contributed by atoms with van der Waals surface area (Å²) in [4.78, 5) is 15.8. The molecule has 2 N–H and O–H groups in total. The van der Waals surface area contributed by atoms with E-state index >= 15 is 0 Å². The van der Waals surface area contributed by atoms with Gasteiger partial charge in [0.1, 0.15) is 11.6 Å². The summed E-state index contributed by atoms with van der Waals surface area (Å²) in [5, 5.41) is 3.80. The van der Waals surface area contributed by atoms with E-state index in [2.05, 4.69) is 17.2 Å². The third-order valence-electron chi connectivity index (χ3n) is 5.16. The zero-order valence-corrected chi connectivity index (χ0v) is 16.7. The number of halogens is 2. The van der Waals surface area contributed by atoms with Gasteiger partial charge in [-0.2, -0.15) is 0 Å². The first kappa shape index (κ1) is 21.0. The van der Waals surface area contributed by atoms with Crippen LogP contribution in [0, 0.1) is 11.6 Å². The topological polar surface area (TPSA) is 54.1 Å². The summed E-state index contributed by atoms with van der Waals surface area (Å²) in [7, 11) is 1.61. The Morgan fingerprint density at radius 3 is 2.76 bits per heavy atom. The molecule has 1 heterocycles. The number of aromatic amines is 1. The molecule has 0 radical (unpaired) electrons. The molecule has 29 heavy (non-hydrogen) atoms. The lowest BCUT2D eigenvalue weighted by Gasteiger charge is -2.18. The van der Waals surface area contributed by atoms with Gasteiger partial charge in [0.15, 0.2) is 0 Å². The van der Waals surface area contributed by atoms with Crippen molar-refractivity contribution in [3.8, 4) is 0 Å². The SMILES string of the molecule is CCc1cccc2c([C@H](CC(=O)NCCCOC)c3ccc(F)cc3F)c[nH]c12. The third kappa shape index (κ3) is 4.82. The highest BCUT2D eigenvalue weighted by atomic mass is 19.1. The molecule has 6 heteroatoms. The predicted molar refractivity (Wildman–Crippen MR) is 110 cm³/mol. The number of benzene rings is 2. The van der Waals surface area contributed by atoms with E-state index in [1.54, 1.807) is 7.11 Å². The molecule has 0 bridgehead atoms. The number of para-hydroxylation sites is 1. The zero-order valence-electron chi connectivity index (χ0n) is 16.7. The molecule has 0 saturated carbocycles. The molecular formula is C23H26F2N2O2. The molecule has 0 spiro atoms. The van der Waals surface area contributed by atoms with Crippen LogP contribution in [0.4, 0.5) is 8.78 Å². The summed E-state index contributed by atoms with van der Waals surface area (Å²) in [5.41, 5.74) is 3.27. The Balaban J connectivity index is 1.96. The van der Waals surface area contributed by atoms with Crippen molar-refractivity contribution in [1.29, 1.82) is 0 Å². The first-order valence-corrected chi connectivity index (χ1v) is 9.84. The normalized spacial score (nSPS) is 12.3. The van der Waals surface area contributed by atoms with Crippen LogP contribution in [0.25, 0.3) is 10.9 Å². The van der Waals surface area contributed by atoms with Gasteiger partial charge in [0.25, 0.3) is 0 Å². The quantitative estimate of drug-likeness (QED) is 0.512. The average Bonchev–Trinajstić information content (AvgIpc) is 3.14. The molecule has 1 amide bonds. The minimum absolute atomic E-state index is 0.0683. The number of amides is 1. The van der Waals surface area contributed by atoms with Crippen LogP contribution in [0.2, 0.25) is 0 Å². The zero-order chi connectivity index (χ0) is 20.8. The molecule has 3 aromatic rings. The highest BCUT2D eigenvalue weighted by Crippen LogP contribution is 2.35. The van der Waals surface area contributed by atoms with Crippen LogP contribution in [0.1, 0.15) is 42.4 Å². The van der Waals surface area contributed by atoms with E-state index < -0.39 is 17.6 Å². The second-order valence-electron chi connectivity index (χ2n) is 7.06. The van der Waals surface area contributed by atoms with Gasteiger partial charge in [-0.25, -0.2) is 8.78 Å². The molecule has 4 nitrogen and oxygen atoms in total. The number of nitrogens with one attached hydrogen (secondary N) is 2. The molecular weight excluding hydrogens is 374 g/mol. The molecule has 0 aliphatic carbocycles. The molecule has 1 atom stereocenters. The Bertz CT molecular complexity index is 984. The fourth-order valence-corrected chi connectivity index (χ4v) is 3.70. The fourth-order valence-electron chi connectivity index (χ4n) is 3.70. The number of H-pyrrole nitrogens is 1. The van der Waals surface area contributed by atoms with Gasteiger partial charge in [0, 0.05) is 55.8 Å². The van der Waals surface area contributed by atoms with Crippen LogP contribution in [0.15, 0.2) is 42.6 Å². The largest absolute Gasteiger partial charge is 0.385 e. The number of hydrogen-bond acceptors (Lipinski definition) is 2. The number of carbonyl (C=O) groups is 1. The first-order valence-electron chi connectivity index (χ1n) is 9.84. The summed E-state index contributed by atoms with van der Waals surface area (Å²) < 4.78 is 33.1. The molecule has 0 unspecified atom stereocenters. The van der Waals surface area contributed by atoms with Gasteiger partial charge in [-0.3, -0.25) is 4.79 Å². The lowest BCUT2D eigenvalue weighted by molar-refractivity contribution is -0.121. The molecule has 1 aromatic heterocycles. The maximum Gasteiger partial charge on any atom is 0.220 e. The van der Waals surface area contributed by atoms with Crippen molar-refractivity contribution in [2.24, 2.45) is 0 Å². The molecule has 3 rings (SSSR count). The number of aromatic nitrogens is 1. The van der Waals surface area contributed by atoms with Crippen molar-refractivity contribution in [3.05, 3.63) is 70.9 Å². The van der Waals surface area contributed by atoms with Crippen molar-refractivity contribution in [2.75, 3.05) is 20.3 Å². The standard InChI is InChI=1S/C23H26F2N2O2/c1-3-15-6-4-7-18-20(14-27-23(15)18)19(13-22(28)26-10-5-11-29-2)17-9-8-16(24)12-21(17)25/h4,6-9,12,14,19,27H,3,5,10-11,13H2,1-2H3,(H,26,28)/t19-/m1/s1. The number of ether oxygens (including phenoxy) is 1. The minimum atomic E-state index is -0.650. The first-order chi connectivity index (χ1) is 14.0. The molecule has 2 aromatic carbocycles. The highest BCUT2D eigenvalue weighted by molar-refractivity contribution is 5.88. The Morgan fingerprint density at radius 1 is 1.21 bits per heavy atom. The van der Waals surface area contributed by atoms with Crippen molar-refractivity contribution >= 4 is 16.8 Å². The van der Waals surface area contributed by atoms with E-state index in [0.29, 0.717) is 25.1 Å².